The monoisotopic (exact) mass is 349 g/mol. The highest BCUT2D eigenvalue weighted by Crippen LogP contribution is 2.15. The molecule has 0 radical (unpaired) electrons. The number of nitrogens with zero attached hydrogens (tertiary/aromatic N) is 1. The zero-order valence-corrected chi connectivity index (χ0v) is 14.9. The minimum Gasteiger partial charge on any atom is -0.550 e. The molecular weight excluding hydrogens is 318 g/mol. The average molecular weight is 349 g/mol. The predicted octanol–water partition coefficient (Wildman–Crippen LogP) is -2.32. The second kappa shape index (κ2) is 11.1. The van der Waals surface area contributed by atoms with Crippen LogP contribution in [-0.2, 0) is 14.4 Å². The molecule has 0 fully saturated rings. The quantitative estimate of drug-likeness (QED) is 0.252. The zero-order valence-electron chi connectivity index (χ0n) is 14.9. The lowest BCUT2D eigenvalue weighted by Crippen LogP contribution is -2.55. The Morgan fingerprint density at radius 3 is 2.00 bits per heavy atom. The van der Waals surface area contributed by atoms with Gasteiger partial charge in [0.05, 0.1) is 21.1 Å². The summed E-state index contributed by atoms with van der Waals surface area (Å²) in [6.45, 7) is 1.83. The maximum atomic E-state index is 11.1. The number of nitrogens with two attached hydrogens (primary N) is 2. The summed E-state index contributed by atoms with van der Waals surface area (Å²) in [4.78, 5) is 31.6. The summed E-state index contributed by atoms with van der Waals surface area (Å²) in [6, 6.07) is -0.716. The Morgan fingerprint density at radius 1 is 1.21 bits per heavy atom. The molecule has 24 heavy (non-hydrogen) atoms. The van der Waals surface area contributed by atoms with Gasteiger partial charge in [-0.3, -0.25) is 9.59 Å². The van der Waals surface area contributed by atoms with Crippen molar-refractivity contribution in [3.63, 3.8) is 0 Å². The molecule has 0 spiro atoms. The van der Waals surface area contributed by atoms with Gasteiger partial charge in [-0.2, -0.15) is 0 Å². The summed E-state index contributed by atoms with van der Waals surface area (Å²) in [5.41, 5.74) is 8.60. The van der Waals surface area contributed by atoms with Crippen LogP contribution in [-0.4, -0.2) is 78.3 Å². The van der Waals surface area contributed by atoms with Crippen LogP contribution in [0.5, 0.6) is 0 Å². The first kappa shape index (κ1) is 24.7. The summed E-state index contributed by atoms with van der Waals surface area (Å²) in [5.74, 6) is -2.90. The Morgan fingerprint density at radius 2 is 1.71 bits per heavy atom. The highest BCUT2D eigenvalue weighted by molar-refractivity contribution is 5.88. The third-order valence-electron chi connectivity index (χ3n) is 3.11. The van der Waals surface area contributed by atoms with Gasteiger partial charge in [0.15, 0.2) is 11.4 Å². The van der Waals surface area contributed by atoms with Crippen molar-refractivity contribution in [1.82, 2.24) is 0 Å². The van der Waals surface area contributed by atoms with Crippen LogP contribution in [0.1, 0.15) is 32.6 Å². The lowest BCUT2D eigenvalue weighted by Gasteiger charge is -2.34. The molecule has 6 N–H and O–H groups in total. The predicted molar refractivity (Wildman–Crippen MR) is 86.7 cm³/mol. The van der Waals surface area contributed by atoms with Gasteiger partial charge in [-0.25, -0.2) is 0 Å². The topological polar surface area (TPSA) is 167 Å². The molecule has 0 aromatic carbocycles. The molecule has 9 nitrogen and oxygen atoms in total. The molecule has 0 bridgehead atoms. The van der Waals surface area contributed by atoms with Crippen molar-refractivity contribution >= 4 is 17.7 Å². The summed E-state index contributed by atoms with van der Waals surface area (Å²) in [6.07, 6.45) is 1.51. The van der Waals surface area contributed by atoms with Crippen LogP contribution in [0, 0.1) is 0 Å². The van der Waals surface area contributed by atoms with E-state index in [-0.39, 0.29) is 6.54 Å². The van der Waals surface area contributed by atoms with E-state index in [4.69, 9.17) is 16.6 Å². The van der Waals surface area contributed by atoms with Crippen molar-refractivity contribution in [3.8, 4) is 0 Å². The van der Waals surface area contributed by atoms with Gasteiger partial charge in [0.2, 0.25) is 0 Å². The Labute approximate surface area is 142 Å². The van der Waals surface area contributed by atoms with Crippen LogP contribution >= 0.6 is 0 Å². The smallest absolute Gasteiger partial charge is 0.320 e. The van der Waals surface area contributed by atoms with Crippen LogP contribution in [0.3, 0.4) is 0 Å². The second-order valence-corrected chi connectivity index (χ2v) is 6.81. The van der Waals surface area contributed by atoms with Crippen molar-refractivity contribution in [1.29, 1.82) is 0 Å². The standard InChI is InChI=1S/C9H17NO4.C6H14N2O2/c1-7(11)9(14,5-8(12)13)6-10(2,3)4;7-4-2-1-3-5(8)6(9)10/h14H,5-6H2,1-4H3;5H,1-4,7-8H2,(H,9,10)/t;5-/m.0/s1. The van der Waals surface area contributed by atoms with E-state index >= 15 is 0 Å². The Kier molecular flexibility index (Phi) is 11.4. The molecule has 0 rings (SSSR count). The number of quaternary nitrogens is 1. The molecule has 2 atom stereocenters. The van der Waals surface area contributed by atoms with Crippen molar-refractivity contribution in [3.05, 3.63) is 0 Å². The van der Waals surface area contributed by atoms with Crippen LogP contribution in [0.25, 0.3) is 0 Å². The highest BCUT2D eigenvalue weighted by atomic mass is 16.4. The largest absolute Gasteiger partial charge is 0.550 e. The number of likely N-dealkylation sites (N-methyl/N-ethyl adjacent to an activating group) is 1. The van der Waals surface area contributed by atoms with Crippen LogP contribution < -0.4 is 16.6 Å². The number of unbranched alkanes of at least 4 members (excludes halogenated alkanes) is 1. The molecule has 1 unspecified atom stereocenters. The van der Waals surface area contributed by atoms with Gasteiger partial charge in [0.25, 0.3) is 0 Å². The second-order valence-electron chi connectivity index (χ2n) is 6.81. The molecular formula is C15H31N3O6. The number of hydrogen-bond acceptors (Lipinski definition) is 7. The maximum absolute atomic E-state index is 11.1. The van der Waals surface area contributed by atoms with Crippen LogP contribution in [0.15, 0.2) is 0 Å². The summed E-state index contributed by atoms with van der Waals surface area (Å²) >= 11 is 0. The zero-order chi connectivity index (χ0) is 19.6. The number of hydrogen-bond donors (Lipinski definition) is 4. The van der Waals surface area contributed by atoms with Crippen LogP contribution in [0.4, 0.5) is 0 Å². The molecule has 142 valence electrons. The number of carboxylic acid groups (broad SMARTS) is 2. The number of aliphatic carboxylic acids is 2. The number of carbonyl (C=O) groups is 3. The lowest BCUT2D eigenvalue weighted by atomic mass is 9.94. The van der Waals surface area contributed by atoms with Crippen molar-refractivity contribution in [2.45, 2.75) is 44.2 Å². The van der Waals surface area contributed by atoms with Gasteiger partial charge >= 0.3 is 5.97 Å². The molecule has 0 amide bonds. The molecule has 0 heterocycles. The van der Waals surface area contributed by atoms with E-state index in [1.165, 1.54) is 6.92 Å². The van der Waals surface area contributed by atoms with E-state index in [9.17, 15) is 24.6 Å². The molecule has 0 aliphatic heterocycles. The normalized spacial score (nSPS) is 14.8. The van der Waals surface area contributed by atoms with Crippen molar-refractivity contribution < 1.29 is 34.2 Å². The van der Waals surface area contributed by atoms with Crippen molar-refractivity contribution in [2.24, 2.45) is 11.5 Å². The first-order valence-electron chi connectivity index (χ1n) is 7.67. The van der Waals surface area contributed by atoms with Crippen molar-refractivity contribution in [2.75, 3.05) is 34.2 Å². The maximum Gasteiger partial charge on any atom is 0.320 e. The van der Waals surface area contributed by atoms with E-state index < -0.39 is 35.8 Å². The summed E-state index contributed by atoms with van der Waals surface area (Å²) < 4.78 is 0.309. The van der Waals surface area contributed by atoms with E-state index in [1.54, 1.807) is 21.1 Å². The number of aliphatic hydroxyl groups is 1. The van der Waals surface area contributed by atoms with Crippen LogP contribution in [0.2, 0.25) is 0 Å². The first-order valence-corrected chi connectivity index (χ1v) is 7.67. The number of ketones is 1. The molecule has 0 aromatic heterocycles. The fourth-order valence-electron chi connectivity index (χ4n) is 1.95. The molecule has 0 aliphatic rings. The molecule has 9 heteroatoms. The van der Waals surface area contributed by atoms with E-state index in [0.29, 0.717) is 17.4 Å². The minimum absolute atomic E-state index is 0.0519. The Hall–Kier alpha value is -1.55. The highest BCUT2D eigenvalue weighted by Gasteiger charge is 2.38. The van der Waals surface area contributed by atoms with Gasteiger partial charge in [-0.05, 0) is 26.3 Å². The fourth-order valence-corrected chi connectivity index (χ4v) is 1.95. The van der Waals surface area contributed by atoms with E-state index in [0.717, 1.165) is 12.8 Å². The Balaban J connectivity index is 0. The molecule has 0 saturated carbocycles. The molecule has 0 aromatic rings. The van der Waals surface area contributed by atoms with E-state index in [1.807, 2.05) is 0 Å². The SMILES string of the molecule is CC(=O)C(O)(CC(=O)[O-])C[N+](C)(C)C.NCCCC[C@H](N)C(=O)O. The number of rotatable bonds is 10. The van der Waals surface area contributed by atoms with Gasteiger partial charge < -0.3 is 36.1 Å². The number of Topliss-reactive ketones (excluding diaryl/α,β-unsaturated/α-hetero) is 1. The summed E-state index contributed by atoms with van der Waals surface area (Å²) in [7, 11) is 5.30. The Bertz CT molecular complexity index is 422. The third kappa shape index (κ3) is 12.9. The van der Waals surface area contributed by atoms with E-state index in [2.05, 4.69) is 0 Å². The summed E-state index contributed by atoms with van der Waals surface area (Å²) in [5, 5.41) is 28.5. The number of carbonyl (C=O) groups excluding carboxylic acids is 2. The van der Waals surface area contributed by atoms with Gasteiger partial charge in [-0.1, -0.05) is 6.42 Å². The molecule has 0 saturated heterocycles. The van der Waals surface area contributed by atoms with Gasteiger partial charge in [0, 0.05) is 12.4 Å². The fraction of sp³-hybridized carbons (Fsp3) is 0.800. The third-order valence-corrected chi connectivity index (χ3v) is 3.11. The lowest BCUT2D eigenvalue weighted by molar-refractivity contribution is -0.875. The number of carboxylic acids is 2. The van der Waals surface area contributed by atoms with Gasteiger partial charge in [0.1, 0.15) is 12.6 Å². The van der Waals surface area contributed by atoms with Gasteiger partial charge in [-0.15, -0.1) is 0 Å². The molecule has 0 aliphatic carbocycles. The first-order chi connectivity index (χ1) is 10.7. The minimum atomic E-state index is -1.82. The average Bonchev–Trinajstić information content (AvgIpc) is 2.36.